The number of alkyl halides is 2. The van der Waals surface area contributed by atoms with Crippen LogP contribution in [0.4, 0.5) is 8.78 Å². The first-order valence-electron chi connectivity index (χ1n) is 3.79. The number of carbonyl (C=O) groups is 1. The molecule has 2 N–H and O–H groups in total. The van der Waals surface area contributed by atoms with E-state index in [4.69, 9.17) is 5.11 Å². The van der Waals surface area contributed by atoms with Crippen molar-refractivity contribution in [3.8, 4) is 5.75 Å². The molecule has 1 aromatic rings. The smallest absolute Gasteiger partial charge is 0.307 e. The Bertz CT molecular complexity index is 398. The predicted octanol–water partition coefficient (Wildman–Crippen LogP) is 1.96. The molecule has 1 rings (SSSR count). The highest BCUT2D eigenvalue weighted by molar-refractivity contribution is 14.1. The molecule has 0 saturated heterocycles. The fourth-order valence-electron chi connectivity index (χ4n) is 1.04. The van der Waals surface area contributed by atoms with Crippen LogP contribution in [0.3, 0.4) is 0 Å². The summed E-state index contributed by atoms with van der Waals surface area (Å²) in [6.07, 6.45) is -2.55. The van der Waals surface area contributed by atoms with Crippen molar-refractivity contribution in [2.45, 2.75) is 12.8 Å². The molecule has 0 radical (unpaired) electrons. The number of carboxylic acid groups (broad SMARTS) is 1. The van der Waals surface area contributed by atoms with Gasteiger partial charge in [-0.2, -0.15) is 0 Å². The molecule has 0 bridgehead atoms. The Balaban J connectivity index is 3.28. The van der Waals surface area contributed by atoms with Crippen LogP contribution in [0.15, 0.2) is 6.20 Å². The van der Waals surface area contributed by atoms with Crippen LogP contribution in [-0.2, 0) is 11.2 Å². The van der Waals surface area contributed by atoms with Crippen molar-refractivity contribution in [2.24, 2.45) is 0 Å². The Morgan fingerprint density at radius 2 is 2.20 bits per heavy atom. The zero-order valence-corrected chi connectivity index (χ0v) is 9.40. The number of aliphatic carboxylic acids is 1. The van der Waals surface area contributed by atoms with Gasteiger partial charge < -0.3 is 10.2 Å². The van der Waals surface area contributed by atoms with Crippen molar-refractivity contribution in [1.29, 1.82) is 0 Å². The SMILES string of the molecule is O=C(O)Cc1c(C(F)F)ncc(O)c1I. The Hall–Kier alpha value is -0.990. The summed E-state index contributed by atoms with van der Waals surface area (Å²) in [4.78, 5) is 13.8. The quantitative estimate of drug-likeness (QED) is 0.832. The van der Waals surface area contributed by atoms with Gasteiger partial charge in [0, 0.05) is 5.56 Å². The summed E-state index contributed by atoms with van der Waals surface area (Å²) in [5.74, 6) is -1.54. The molecule has 1 aromatic heterocycles. The zero-order valence-electron chi connectivity index (χ0n) is 7.25. The van der Waals surface area contributed by atoms with Crippen LogP contribution < -0.4 is 0 Å². The minimum atomic E-state index is -2.85. The van der Waals surface area contributed by atoms with Crippen LogP contribution in [0, 0.1) is 3.57 Å². The van der Waals surface area contributed by atoms with Gasteiger partial charge in [0.2, 0.25) is 0 Å². The summed E-state index contributed by atoms with van der Waals surface area (Å²) in [6, 6.07) is 0. The largest absolute Gasteiger partial charge is 0.505 e. The molecule has 7 heteroatoms. The zero-order chi connectivity index (χ0) is 11.6. The lowest BCUT2D eigenvalue weighted by atomic mass is 10.1. The van der Waals surface area contributed by atoms with Gasteiger partial charge in [0.1, 0.15) is 11.4 Å². The van der Waals surface area contributed by atoms with Gasteiger partial charge in [-0.1, -0.05) is 0 Å². The lowest BCUT2D eigenvalue weighted by Crippen LogP contribution is -2.08. The second-order valence-corrected chi connectivity index (χ2v) is 3.77. The van der Waals surface area contributed by atoms with Gasteiger partial charge in [0.15, 0.2) is 0 Å². The molecule has 0 atom stereocenters. The van der Waals surface area contributed by atoms with Crippen LogP contribution in [-0.4, -0.2) is 21.2 Å². The molecule has 0 amide bonds. The fraction of sp³-hybridized carbons (Fsp3) is 0.250. The molecule has 0 aliphatic heterocycles. The van der Waals surface area contributed by atoms with E-state index in [1.54, 1.807) is 22.6 Å². The van der Waals surface area contributed by atoms with Crippen molar-refractivity contribution >= 4 is 28.6 Å². The maximum atomic E-state index is 12.4. The minimum Gasteiger partial charge on any atom is -0.505 e. The molecule has 0 aliphatic rings. The molecule has 15 heavy (non-hydrogen) atoms. The Morgan fingerprint density at radius 1 is 1.60 bits per heavy atom. The number of aromatic nitrogens is 1. The highest BCUT2D eigenvalue weighted by Crippen LogP contribution is 2.30. The Labute approximate surface area is 97.1 Å². The topological polar surface area (TPSA) is 70.4 Å². The van der Waals surface area contributed by atoms with E-state index in [2.05, 4.69) is 4.98 Å². The monoisotopic (exact) mass is 329 g/mol. The normalized spacial score (nSPS) is 10.7. The molecular weight excluding hydrogens is 323 g/mol. The molecule has 0 saturated carbocycles. The number of carboxylic acids is 1. The van der Waals surface area contributed by atoms with Crippen LogP contribution in [0.1, 0.15) is 17.7 Å². The number of pyridine rings is 1. The summed E-state index contributed by atoms with van der Waals surface area (Å²) in [6.45, 7) is 0. The first-order valence-corrected chi connectivity index (χ1v) is 4.87. The molecule has 0 aromatic carbocycles. The van der Waals surface area contributed by atoms with Crippen LogP contribution in [0.25, 0.3) is 0 Å². The number of nitrogens with zero attached hydrogens (tertiary/aromatic N) is 1. The number of aromatic hydroxyl groups is 1. The van der Waals surface area contributed by atoms with E-state index >= 15 is 0 Å². The van der Waals surface area contributed by atoms with Crippen LogP contribution in [0.2, 0.25) is 0 Å². The molecule has 1 heterocycles. The predicted molar refractivity (Wildman–Crippen MR) is 54.9 cm³/mol. The first-order chi connectivity index (χ1) is 6.93. The highest BCUT2D eigenvalue weighted by atomic mass is 127. The van der Waals surface area contributed by atoms with E-state index in [0.717, 1.165) is 6.20 Å². The van der Waals surface area contributed by atoms with E-state index in [-0.39, 0.29) is 14.9 Å². The van der Waals surface area contributed by atoms with Gasteiger partial charge in [0.25, 0.3) is 6.43 Å². The number of hydrogen-bond acceptors (Lipinski definition) is 3. The summed E-state index contributed by atoms with van der Waals surface area (Å²) in [5.41, 5.74) is -0.738. The fourth-order valence-corrected chi connectivity index (χ4v) is 1.65. The third-order valence-corrected chi connectivity index (χ3v) is 2.86. The van der Waals surface area contributed by atoms with Crippen molar-refractivity contribution < 1.29 is 23.8 Å². The Morgan fingerprint density at radius 3 is 2.67 bits per heavy atom. The van der Waals surface area contributed by atoms with Crippen molar-refractivity contribution in [3.63, 3.8) is 0 Å². The molecule has 0 fully saturated rings. The van der Waals surface area contributed by atoms with Gasteiger partial charge in [0.05, 0.1) is 16.2 Å². The summed E-state index contributed by atoms with van der Waals surface area (Å²) in [5, 5.41) is 17.7. The van der Waals surface area contributed by atoms with E-state index in [1.807, 2.05) is 0 Å². The van der Waals surface area contributed by atoms with Gasteiger partial charge in [-0.15, -0.1) is 0 Å². The molecular formula is C8H6F2INO3. The maximum absolute atomic E-state index is 12.4. The average molecular weight is 329 g/mol. The lowest BCUT2D eigenvalue weighted by Gasteiger charge is -2.09. The van der Waals surface area contributed by atoms with Crippen molar-refractivity contribution in [1.82, 2.24) is 4.98 Å². The third-order valence-electron chi connectivity index (χ3n) is 1.66. The Kier molecular flexibility index (Phi) is 3.77. The maximum Gasteiger partial charge on any atom is 0.307 e. The molecule has 0 aliphatic carbocycles. The summed E-state index contributed by atoms with van der Waals surface area (Å²) < 4.78 is 25.0. The van der Waals surface area contributed by atoms with E-state index in [9.17, 15) is 18.7 Å². The summed E-state index contributed by atoms with van der Waals surface area (Å²) >= 11 is 1.61. The van der Waals surface area contributed by atoms with Gasteiger partial charge in [-0.05, 0) is 22.6 Å². The third kappa shape index (κ3) is 2.74. The van der Waals surface area contributed by atoms with E-state index < -0.39 is 24.5 Å². The average Bonchev–Trinajstić information content (AvgIpc) is 2.12. The van der Waals surface area contributed by atoms with Crippen LogP contribution >= 0.6 is 22.6 Å². The number of halogens is 3. The summed E-state index contributed by atoms with van der Waals surface area (Å²) in [7, 11) is 0. The number of hydrogen-bond donors (Lipinski definition) is 2. The van der Waals surface area contributed by atoms with Gasteiger partial charge in [-0.25, -0.2) is 8.78 Å². The van der Waals surface area contributed by atoms with Crippen LogP contribution in [0.5, 0.6) is 5.75 Å². The van der Waals surface area contributed by atoms with Crippen molar-refractivity contribution in [2.75, 3.05) is 0 Å². The molecule has 82 valence electrons. The highest BCUT2D eigenvalue weighted by Gasteiger charge is 2.21. The second kappa shape index (κ2) is 4.69. The molecule has 4 nitrogen and oxygen atoms in total. The van der Waals surface area contributed by atoms with Crippen molar-refractivity contribution in [3.05, 3.63) is 21.0 Å². The second-order valence-electron chi connectivity index (χ2n) is 2.69. The molecule has 0 spiro atoms. The molecule has 0 unspecified atom stereocenters. The van der Waals surface area contributed by atoms with Gasteiger partial charge >= 0.3 is 5.97 Å². The standard InChI is InChI=1S/C8H6F2INO3/c9-8(10)7-3(1-5(14)15)6(11)4(13)2-12-7/h2,8,13H,1H2,(H,14,15). The lowest BCUT2D eigenvalue weighted by molar-refractivity contribution is -0.136. The van der Waals surface area contributed by atoms with E-state index in [0.29, 0.717) is 0 Å². The minimum absolute atomic E-state index is 0.0975. The number of rotatable bonds is 3. The first kappa shape index (κ1) is 12.1. The van der Waals surface area contributed by atoms with Gasteiger partial charge in [-0.3, -0.25) is 9.78 Å². The van der Waals surface area contributed by atoms with E-state index in [1.165, 1.54) is 0 Å².